The Morgan fingerprint density at radius 3 is 2.51 bits per heavy atom. The van der Waals surface area contributed by atoms with Gasteiger partial charge in [0.1, 0.15) is 4.75 Å². The Morgan fingerprint density at radius 1 is 1.03 bits per heavy atom. The molecule has 3 aromatic heterocycles. The van der Waals surface area contributed by atoms with E-state index < -0.39 is 11.4 Å². The first kappa shape index (κ1) is 29.4. The van der Waals surface area contributed by atoms with Gasteiger partial charge in [-0.3, -0.25) is 4.98 Å². The van der Waals surface area contributed by atoms with Gasteiger partial charge < -0.3 is 8.98 Å². The van der Waals surface area contributed by atoms with Crippen LogP contribution in [0.25, 0.3) is 28.0 Å². The monoisotopic (exact) mass is 561 g/mol. The topological polar surface area (TPSA) is 87.9 Å². The third-order valence-corrected chi connectivity index (χ3v) is 8.50. The molecule has 0 saturated heterocycles. The second kappa shape index (κ2) is 12.3. The van der Waals surface area contributed by atoms with E-state index in [0.29, 0.717) is 16.4 Å². The average Bonchev–Trinajstić information content (AvgIpc) is 3.31. The summed E-state index contributed by atoms with van der Waals surface area (Å²) in [6, 6.07) is 18.1. The molecule has 39 heavy (non-hydrogen) atoms. The maximum Gasteiger partial charge on any atom is 0.236 e. The van der Waals surface area contributed by atoms with Crippen LogP contribution in [0.15, 0.2) is 60.8 Å². The molecule has 206 valence electrons. The number of nitrogens with zero attached hydrogens (tertiary/aromatic N) is 4. The zero-order valence-electron chi connectivity index (χ0n) is 24.0. The molecule has 2 atom stereocenters. The molecular weight excluding hydrogens is 523 g/mol. The SMILES string of the molecule is CCC[C@H](N[S+]([O-])C(C)(C)C)c1cccc(-c2ccc3cnn(-c4cccc(CO[Si]C(C)(C)C)n4)c3c2)n1. The van der Waals surface area contributed by atoms with Crippen LogP contribution < -0.4 is 4.72 Å². The van der Waals surface area contributed by atoms with Crippen LogP contribution in [0, 0.1) is 0 Å². The highest BCUT2D eigenvalue weighted by Gasteiger charge is 2.30. The number of fused-ring (bicyclic) bond motifs is 1. The minimum absolute atomic E-state index is 0.0858. The Balaban J connectivity index is 1.62. The summed E-state index contributed by atoms with van der Waals surface area (Å²) in [6.45, 7) is 15.0. The van der Waals surface area contributed by atoms with E-state index in [2.05, 4.69) is 55.7 Å². The number of aromatic nitrogens is 4. The zero-order valence-corrected chi connectivity index (χ0v) is 25.8. The van der Waals surface area contributed by atoms with Crippen LogP contribution in [0.1, 0.15) is 78.7 Å². The van der Waals surface area contributed by atoms with Gasteiger partial charge in [0.25, 0.3) is 0 Å². The molecule has 3 heterocycles. The van der Waals surface area contributed by atoms with E-state index in [0.717, 1.165) is 52.2 Å². The van der Waals surface area contributed by atoms with Crippen molar-refractivity contribution in [3.63, 3.8) is 0 Å². The number of hydrogen-bond acceptors (Lipinski definition) is 6. The van der Waals surface area contributed by atoms with Gasteiger partial charge in [0.15, 0.2) is 5.82 Å². The molecule has 0 aliphatic carbocycles. The van der Waals surface area contributed by atoms with Gasteiger partial charge in [-0.1, -0.05) is 58.4 Å². The molecule has 1 N–H and O–H groups in total. The molecule has 1 unspecified atom stereocenters. The molecule has 1 aromatic carbocycles. The van der Waals surface area contributed by atoms with Gasteiger partial charge in [-0.15, -0.1) is 4.72 Å². The Kier molecular flexibility index (Phi) is 9.28. The lowest BCUT2D eigenvalue weighted by molar-refractivity contribution is 0.304. The molecule has 9 heteroatoms. The number of pyridine rings is 2. The quantitative estimate of drug-likeness (QED) is 0.171. The Hall–Kier alpha value is -2.56. The average molecular weight is 562 g/mol. The van der Waals surface area contributed by atoms with E-state index in [1.165, 1.54) is 0 Å². The molecule has 4 aromatic rings. The van der Waals surface area contributed by atoms with Crippen LogP contribution in [0.2, 0.25) is 5.04 Å². The van der Waals surface area contributed by atoms with Crippen molar-refractivity contribution in [3.8, 4) is 17.1 Å². The lowest BCUT2D eigenvalue weighted by atomic mass is 10.1. The van der Waals surface area contributed by atoms with Crippen molar-refractivity contribution in [2.75, 3.05) is 0 Å². The Labute approximate surface area is 238 Å². The molecule has 0 saturated carbocycles. The fourth-order valence-corrected chi connectivity index (χ4v) is 5.52. The first-order valence-corrected chi connectivity index (χ1v) is 15.5. The van der Waals surface area contributed by atoms with Crippen LogP contribution in [0.5, 0.6) is 0 Å². The summed E-state index contributed by atoms with van der Waals surface area (Å²) in [5.41, 5.74) is 4.58. The van der Waals surface area contributed by atoms with E-state index in [1.807, 2.05) is 68.0 Å². The predicted octanol–water partition coefficient (Wildman–Crippen LogP) is 6.73. The van der Waals surface area contributed by atoms with E-state index in [9.17, 15) is 4.55 Å². The highest BCUT2D eigenvalue weighted by Crippen LogP contribution is 2.28. The van der Waals surface area contributed by atoms with E-state index in [4.69, 9.17) is 14.4 Å². The molecule has 0 amide bonds. The van der Waals surface area contributed by atoms with E-state index in [-0.39, 0.29) is 15.8 Å². The third-order valence-electron chi connectivity index (χ3n) is 5.98. The standard InChI is InChI=1S/C30H39N5O2SSi/c1-8-11-26(34-38(36)29(2,3)4)25-14-10-13-24(33-25)21-16-17-22-19-31-35(27(22)18-21)28-15-9-12-23(32-28)20-37-39-30(5,6)7/h9-10,12-19,26,34H,8,11,20H2,1-7H3/t26-,38?/m0/s1. The minimum atomic E-state index is -1.18. The smallest absolute Gasteiger partial charge is 0.236 e. The van der Waals surface area contributed by atoms with Gasteiger partial charge in [0.05, 0.1) is 41.4 Å². The summed E-state index contributed by atoms with van der Waals surface area (Å²) in [5.74, 6) is 0.751. The van der Waals surface area contributed by atoms with Gasteiger partial charge in [-0.25, -0.2) is 9.67 Å². The zero-order chi connectivity index (χ0) is 28.2. The minimum Gasteiger partial charge on any atom is -0.598 e. The van der Waals surface area contributed by atoms with Crippen molar-refractivity contribution in [2.45, 2.75) is 83.7 Å². The van der Waals surface area contributed by atoms with Crippen molar-refractivity contribution in [1.29, 1.82) is 0 Å². The lowest BCUT2D eigenvalue weighted by Gasteiger charge is -2.27. The van der Waals surface area contributed by atoms with Crippen molar-refractivity contribution in [2.24, 2.45) is 0 Å². The summed E-state index contributed by atoms with van der Waals surface area (Å²) >= 11 is -1.18. The molecule has 0 spiro atoms. The molecule has 4 rings (SSSR count). The Bertz CT molecular complexity index is 1400. The van der Waals surface area contributed by atoms with Crippen LogP contribution in [-0.2, 0) is 22.4 Å². The van der Waals surface area contributed by atoms with Crippen LogP contribution in [0.4, 0.5) is 0 Å². The summed E-state index contributed by atoms with van der Waals surface area (Å²) in [7, 11) is 0.404. The molecule has 0 aliphatic rings. The van der Waals surface area contributed by atoms with E-state index >= 15 is 0 Å². The number of nitrogens with one attached hydrogen (secondary N) is 1. The van der Waals surface area contributed by atoms with Gasteiger partial charge in [0.2, 0.25) is 9.76 Å². The van der Waals surface area contributed by atoms with Crippen molar-refractivity contribution in [1.82, 2.24) is 24.5 Å². The summed E-state index contributed by atoms with van der Waals surface area (Å²) in [6.07, 6.45) is 3.67. The van der Waals surface area contributed by atoms with Crippen LogP contribution in [0.3, 0.4) is 0 Å². The van der Waals surface area contributed by atoms with Crippen LogP contribution in [-0.4, -0.2) is 38.8 Å². The highest BCUT2D eigenvalue weighted by molar-refractivity contribution is 7.90. The lowest BCUT2D eigenvalue weighted by Crippen LogP contribution is -2.41. The molecule has 7 nitrogen and oxygen atoms in total. The molecule has 0 fully saturated rings. The van der Waals surface area contributed by atoms with Gasteiger partial charge in [-0.2, -0.15) is 5.10 Å². The van der Waals surface area contributed by atoms with Crippen molar-refractivity contribution >= 4 is 32.0 Å². The van der Waals surface area contributed by atoms with E-state index in [1.54, 1.807) is 0 Å². The first-order valence-electron chi connectivity index (χ1n) is 13.4. The van der Waals surface area contributed by atoms with Gasteiger partial charge in [0, 0.05) is 22.3 Å². The number of hydrogen-bond donors (Lipinski definition) is 1. The summed E-state index contributed by atoms with van der Waals surface area (Å²) < 4.78 is 23.6. The normalized spacial score (nSPS) is 14.1. The molecule has 0 aliphatic heterocycles. The van der Waals surface area contributed by atoms with Crippen molar-refractivity contribution in [3.05, 3.63) is 72.2 Å². The predicted molar refractivity (Wildman–Crippen MR) is 161 cm³/mol. The second-order valence-corrected chi connectivity index (χ2v) is 15.7. The first-order chi connectivity index (χ1) is 18.4. The number of benzene rings is 1. The van der Waals surface area contributed by atoms with Crippen molar-refractivity contribution < 1.29 is 8.98 Å². The number of rotatable bonds is 10. The molecular formula is C30H39N5O2SSi. The fourth-order valence-electron chi connectivity index (χ4n) is 4.02. The van der Waals surface area contributed by atoms with Gasteiger partial charge in [-0.05, 0) is 62.6 Å². The molecule has 0 bridgehead atoms. The Morgan fingerprint density at radius 2 is 1.79 bits per heavy atom. The van der Waals surface area contributed by atoms with Crippen LogP contribution >= 0.6 is 0 Å². The maximum atomic E-state index is 12.8. The summed E-state index contributed by atoms with van der Waals surface area (Å²) in [4.78, 5) is 9.82. The van der Waals surface area contributed by atoms with Gasteiger partial charge >= 0.3 is 0 Å². The second-order valence-electron chi connectivity index (χ2n) is 11.7. The highest BCUT2D eigenvalue weighted by atomic mass is 32.2. The third kappa shape index (κ3) is 7.76. The fraction of sp³-hybridized carbons (Fsp3) is 0.433. The summed E-state index contributed by atoms with van der Waals surface area (Å²) in [5, 5.41) is 5.80. The maximum absolute atomic E-state index is 12.8. The molecule has 2 radical (unpaired) electrons. The largest absolute Gasteiger partial charge is 0.598 e.